The Bertz CT molecular complexity index is 583. The summed E-state index contributed by atoms with van der Waals surface area (Å²) in [4.78, 5) is 24.1. The summed E-state index contributed by atoms with van der Waals surface area (Å²) in [6, 6.07) is 5.81. The van der Waals surface area contributed by atoms with Crippen molar-refractivity contribution < 1.29 is 9.59 Å². The van der Waals surface area contributed by atoms with Crippen molar-refractivity contribution >= 4 is 17.4 Å². The number of ketones is 1. The summed E-state index contributed by atoms with van der Waals surface area (Å²) < 4.78 is 0. The third-order valence-electron chi connectivity index (χ3n) is 5.22. The van der Waals surface area contributed by atoms with Gasteiger partial charge in [0, 0.05) is 23.6 Å². The van der Waals surface area contributed by atoms with Gasteiger partial charge in [0.15, 0.2) is 5.78 Å². The molecule has 1 N–H and O–H groups in total. The Labute approximate surface area is 118 Å². The van der Waals surface area contributed by atoms with E-state index in [2.05, 4.69) is 5.32 Å². The average molecular weight is 269 g/mol. The number of anilines is 1. The Morgan fingerprint density at radius 2 is 1.90 bits per heavy atom. The van der Waals surface area contributed by atoms with Crippen LogP contribution in [0.1, 0.15) is 48.0 Å². The van der Waals surface area contributed by atoms with Crippen molar-refractivity contribution in [3.8, 4) is 0 Å². The summed E-state index contributed by atoms with van der Waals surface area (Å²) in [5.41, 5.74) is 2.85. The monoisotopic (exact) mass is 269 g/mol. The second-order valence-corrected chi connectivity index (χ2v) is 6.42. The molecule has 2 fully saturated rings. The van der Waals surface area contributed by atoms with Crippen LogP contribution in [0, 0.1) is 17.8 Å². The van der Waals surface area contributed by atoms with Crippen LogP contribution in [0.3, 0.4) is 0 Å². The maximum absolute atomic E-state index is 12.6. The third-order valence-corrected chi connectivity index (χ3v) is 5.22. The van der Waals surface area contributed by atoms with E-state index >= 15 is 0 Å². The third kappa shape index (κ3) is 1.88. The smallest absolute Gasteiger partial charge is 0.224 e. The number of aryl methyl sites for hydroxylation is 1. The predicted molar refractivity (Wildman–Crippen MR) is 76.7 cm³/mol. The molecule has 0 bridgehead atoms. The molecule has 3 aliphatic rings. The molecule has 1 heterocycles. The van der Waals surface area contributed by atoms with E-state index in [0.717, 1.165) is 29.7 Å². The quantitative estimate of drug-likeness (QED) is 0.838. The fourth-order valence-corrected chi connectivity index (χ4v) is 4.13. The van der Waals surface area contributed by atoms with Crippen LogP contribution in [0.2, 0.25) is 0 Å². The van der Waals surface area contributed by atoms with Gasteiger partial charge in [-0.25, -0.2) is 0 Å². The number of amides is 1. The van der Waals surface area contributed by atoms with Crippen LogP contribution in [0.15, 0.2) is 18.2 Å². The fraction of sp³-hybridized carbons (Fsp3) is 0.529. The van der Waals surface area contributed by atoms with E-state index in [1.54, 1.807) is 0 Å². The van der Waals surface area contributed by atoms with E-state index in [1.165, 1.54) is 19.3 Å². The number of nitrogens with one attached hydrogen (secondary N) is 1. The van der Waals surface area contributed by atoms with Gasteiger partial charge in [-0.15, -0.1) is 0 Å². The number of hydrogen-bond acceptors (Lipinski definition) is 2. The SMILES string of the molecule is O=C1CCCc2cc(C(=O)C3C4CCCC43)ccc2N1. The summed E-state index contributed by atoms with van der Waals surface area (Å²) in [5.74, 6) is 2.04. The molecule has 2 saturated carbocycles. The number of Topliss-reactive ketones (excluding diaryl/α,β-unsaturated/α-hetero) is 1. The molecule has 20 heavy (non-hydrogen) atoms. The molecule has 2 aliphatic carbocycles. The van der Waals surface area contributed by atoms with Gasteiger partial charge >= 0.3 is 0 Å². The van der Waals surface area contributed by atoms with Crippen LogP contribution in [-0.2, 0) is 11.2 Å². The van der Waals surface area contributed by atoms with E-state index < -0.39 is 0 Å². The number of benzene rings is 1. The number of fused-ring (bicyclic) bond motifs is 2. The van der Waals surface area contributed by atoms with E-state index in [-0.39, 0.29) is 5.91 Å². The summed E-state index contributed by atoms with van der Waals surface area (Å²) in [6.45, 7) is 0. The normalized spacial score (nSPS) is 31.0. The van der Waals surface area contributed by atoms with Crippen molar-refractivity contribution in [3.05, 3.63) is 29.3 Å². The molecule has 2 atom stereocenters. The van der Waals surface area contributed by atoms with Crippen molar-refractivity contribution in [2.24, 2.45) is 17.8 Å². The number of carbonyl (C=O) groups excluding carboxylic acids is 2. The second-order valence-electron chi connectivity index (χ2n) is 6.42. The van der Waals surface area contributed by atoms with Gasteiger partial charge in [-0.2, -0.15) is 0 Å². The zero-order chi connectivity index (χ0) is 13.7. The van der Waals surface area contributed by atoms with Crippen molar-refractivity contribution in [3.63, 3.8) is 0 Å². The molecule has 4 rings (SSSR count). The highest BCUT2D eigenvalue weighted by Crippen LogP contribution is 2.58. The largest absolute Gasteiger partial charge is 0.326 e. The molecule has 0 radical (unpaired) electrons. The molecule has 1 amide bonds. The summed E-state index contributed by atoms with van der Waals surface area (Å²) >= 11 is 0. The topological polar surface area (TPSA) is 46.2 Å². The zero-order valence-electron chi connectivity index (χ0n) is 11.5. The van der Waals surface area contributed by atoms with Gasteiger partial charge < -0.3 is 5.32 Å². The fourth-order valence-electron chi connectivity index (χ4n) is 4.13. The maximum atomic E-state index is 12.6. The Morgan fingerprint density at radius 3 is 2.70 bits per heavy atom. The van der Waals surface area contributed by atoms with Crippen LogP contribution in [0.5, 0.6) is 0 Å². The van der Waals surface area contributed by atoms with E-state index in [9.17, 15) is 9.59 Å². The molecule has 0 spiro atoms. The van der Waals surface area contributed by atoms with Gasteiger partial charge in [0.25, 0.3) is 0 Å². The first-order valence-corrected chi connectivity index (χ1v) is 7.71. The number of rotatable bonds is 2. The zero-order valence-corrected chi connectivity index (χ0v) is 11.5. The lowest BCUT2D eigenvalue weighted by atomic mass is 9.97. The highest BCUT2D eigenvalue weighted by Gasteiger charge is 2.56. The van der Waals surface area contributed by atoms with Crippen molar-refractivity contribution in [2.45, 2.75) is 38.5 Å². The van der Waals surface area contributed by atoms with Crippen LogP contribution >= 0.6 is 0 Å². The highest BCUT2D eigenvalue weighted by atomic mass is 16.1. The van der Waals surface area contributed by atoms with E-state index in [0.29, 0.717) is 30.0 Å². The molecule has 0 aromatic heterocycles. The summed E-state index contributed by atoms with van der Waals surface area (Å²) in [6.07, 6.45) is 6.10. The van der Waals surface area contributed by atoms with Gasteiger partial charge in [0.05, 0.1) is 0 Å². The molecular formula is C17H19NO2. The Balaban J connectivity index is 1.59. The van der Waals surface area contributed by atoms with Crippen LogP contribution in [0.4, 0.5) is 5.69 Å². The molecular weight excluding hydrogens is 250 g/mol. The van der Waals surface area contributed by atoms with Crippen molar-refractivity contribution in [1.29, 1.82) is 0 Å². The molecule has 3 heteroatoms. The Kier molecular flexibility index (Phi) is 2.69. The van der Waals surface area contributed by atoms with Crippen LogP contribution < -0.4 is 5.32 Å². The van der Waals surface area contributed by atoms with Gasteiger partial charge in [0.2, 0.25) is 5.91 Å². The van der Waals surface area contributed by atoms with E-state index in [1.807, 2.05) is 18.2 Å². The highest BCUT2D eigenvalue weighted by molar-refractivity contribution is 6.01. The van der Waals surface area contributed by atoms with E-state index in [4.69, 9.17) is 0 Å². The molecule has 2 unspecified atom stereocenters. The molecule has 3 nitrogen and oxygen atoms in total. The Morgan fingerprint density at radius 1 is 1.10 bits per heavy atom. The first kappa shape index (κ1) is 12.1. The lowest BCUT2D eigenvalue weighted by Crippen LogP contribution is -2.10. The summed E-state index contributed by atoms with van der Waals surface area (Å²) in [5, 5.41) is 2.92. The molecule has 104 valence electrons. The van der Waals surface area contributed by atoms with Crippen LogP contribution in [-0.4, -0.2) is 11.7 Å². The van der Waals surface area contributed by atoms with Crippen molar-refractivity contribution in [1.82, 2.24) is 0 Å². The van der Waals surface area contributed by atoms with Crippen LogP contribution in [0.25, 0.3) is 0 Å². The minimum absolute atomic E-state index is 0.0829. The molecule has 1 aliphatic heterocycles. The second kappa shape index (κ2) is 4.44. The standard InChI is InChI=1S/C17H19NO2/c19-15-6-1-3-10-9-11(7-8-14(10)18-15)17(20)16-12-4-2-5-13(12)16/h7-9,12-13,16H,1-6H2,(H,18,19). The molecule has 0 saturated heterocycles. The molecule has 1 aromatic rings. The maximum Gasteiger partial charge on any atom is 0.224 e. The average Bonchev–Trinajstić information content (AvgIpc) is 3.00. The first-order chi connectivity index (χ1) is 9.74. The summed E-state index contributed by atoms with van der Waals surface area (Å²) in [7, 11) is 0. The number of hydrogen-bond donors (Lipinski definition) is 1. The Hall–Kier alpha value is -1.64. The minimum atomic E-state index is 0.0829. The lowest BCUT2D eigenvalue weighted by molar-refractivity contribution is -0.116. The van der Waals surface area contributed by atoms with Gasteiger partial charge in [0.1, 0.15) is 0 Å². The number of carbonyl (C=O) groups is 2. The van der Waals surface area contributed by atoms with Gasteiger partial charge in [-0.1, -0.05) is 6.42 Å². The van der Waals surface area contributed by atoms with Gasteiger partial charge in [-0.3, -0.25) is 9.59 Å². The first-order valence-electron chi connectivity index (χ1n) is 7.71. The van der Waals surface area contributed by atoms with Gasteiger partial charge in [-0.05, 0) is 61.3 Å². The predicted octanol–water partition coefficient (Wildman–Crippen LogP) is 3.19. The van der Waals surface area contributed by atoms with Crippen molar-refractivity contribution in [2.75, 3.05) is 5.32 Å². The minimum Gasteiger partial charge on any atom is -0.326 e. The molecule has 1 aromatic carbocycles. The lowest BCUT2D eigenvalue weighted by Gasteiger charge is -2.09.